The maximum absolute atomic E-state index is 11.8. The molecule has 17 heavy (non-hydrogen) atoms. The topological polar surface area (TPSA) is 70.0 Å². The molecule has 0 fully saturated rings. The highest BCUT2D eigenvalue weighted by Crippen LogP contribution is 2.19. The van der Waals surface area contributed by atoms with Gasteiger partial charge in [-0.05, 0) is 29.6 Å². The number of nitriles is 1. The van der Waals surface area contributed by atoms with Crippen LogP contribution in [-0.4, -0.2) is 8.42 Å². The van der Waals surface area contributed by atoms with Crippen LogP contribution in [0.5, 0.6) is 0 Å². The lowest BCUT2D eigenvalue weighted by Crippen LogP contribution is -2.11. The minimum atomic E-state index is -3.54. The number of hydrogen-bond donors (Lipinski definition) is 1. The quantitative estimate of drug-likeness (QED) is 0.923. The monoisotopic (exact) mass is 263 g/mol. The first-order valence-corrected chi connectivity index (χ1v) is 6.96. The van der Waals surface area contributed by atoms with Gasteiger partial charge in [-0.1, -0.05) is 6.07 Å². The molecule has 0 unspecified atom stereocenters. The number of nitrogens with zero attached hydrogens (tertiary/aromatic N) is 1. The highest BCUT2D eigenvalue weighted by Gasteiger charge is 2.14. The van der Waals surface area contributed by atoms with Crippen LogP contribution in [0.25, 0.3) is 0 Å². The third kappa shape index (κ3) is 2.64. The van der Waals surface area contributed by atoms with E-state index in [0.29, 0.717) is 11.3 Å². The molecule has 0 aliphatic carbocycles. The smallest absolute Gasteiger partial charge is 0.271 e. The van der Waals surface area contributed by atoms with Crippen LogP contribution in [0.1, 0.15) is 5.56 Å². The van der Waals surface area contributed by atoms with E-state index in [1.54, 1.807) is 11.4 Å². The summed E-state index contributed by atoms with van der Waals surface area (Å²) in [7, 11) is -3.54. The maximum Gasteiger partial charge on any atom is 0.271 e. The molecule has 1 radical (unpaired) electrons. The molecular formula is C11H7N2O2S2. The first-order chi connectivity index (χ1) is 8.12. The van der Waals surface area contributed by atoms with Gasteiger partial charge in [0.2, 0.25) is 0 Å². The Hall–Kier alpha value is -1.84. The zero-order valence-electron chi connectivity index (χ0n) is 8.54. The molecule has 1 N–H and O–H groups in total. The predicted molar refractivity (Wildman–Crippen MR) is 65.1 cm³/mol. The Kier molecular flexibility index (Phi) is 3.13. The van der Waals surface area contributed by atoms with Gasteiger partial charge < -0.3 is 0 Å². The molecule has 6 heteroatoms. The Morgan fingerprint density at radius 2 is 2.18 bits per heavy atom. The van der Waals surface area contributed by atoms with E-state index in [1.807, 2.05) is 6.07 Å². The fourth-order valence-electron chi connectivity index (χ4n) is 1.17. The third-order valence-corrected chi connectivity index (χ3v) is 4.71. The summed E-state index contributed by atoms with van der Waals surface area (Å²) in [5.41, 5.74) is 0.751. The molecule has 85 valence electrons. The number of sulfonamides is 1. The van der Waals surface area contributed by atoms with Gasteiger partial charge in [-0.2, -0.15) is 5.26 Å². The van der Waals surface area contributed by atoms with Crippen molar-refractivity contribution in [1.29, 1.82) is 5.26 Å². The lowest BCUT2D eigenvalue weighted by Gasteiger charge is -2.05. The standard InChI is InChI=1S/C11H7N2O2S2/c12-8-9-3-5-10(6-4-9)13-17(14,15)11-2-1-7-16-11/h1-5,7,13H. The van der Waals surface area contributed by atoms with Crippen LogP contribution in [0.2, 0.25) is 0 Å². The summed E-state index contributed by atoms with van der Waals surface area (Å²) in [5.74, 6) is 0. The van der Waals surface area contributed by atoms with E-state index in [4.69, 9.17) is 5.26 Å². The molecule has 0 saturated carbocycles. The van der Waals surface area contributed by atoms with Crippen molar-refractivity contribution in [2.75, 3.05) is 4.72 Å². The summed E-state index contributed by atoms with van der Waals surface area (Å²) < 4.78 is 26.3. The second-order valence-corrected chi connectivity index (χ2v) is 6.00. The van der Waals surface area contributed by atoms with Crippen LogP contribution in [0.3, 0.4) is 0 Å². The van der Waals surface area contributed by atoms with Crippen molar-refractivity contribution in [1.82, 2.24) is 0 Å². The Bertz CT molecular complexity index is 638. The first-order valence-electron chi connectivity index (χ1n) is 4.60. The number of thiophene rings is 1. The van der Waals surface area contributed by atoms with Crippen molar-refractivity contribution in [3.8, 4) is 6.07 Å². The largest absolute Gasteiger partial charge is 0.278 e. The highest BCUT2D eigenvalue weighted by molar-refractivity contribution is 7.94. The van der Waals surface area contributed by atoms with Gasteiger partial charge in [0, 0.05) is 6.07 Å². The summed E-state index contributed by atoms with van der Waals surface area (Å²) in [6.45, 7) is 0. The number of rotatable bonds is 3. The average Bonchev–Trinajstić information content (AvgIpc) is 2.84. The molecule has 0 aliphatic rings. The number of nitrogens with one attached hydrogen (secondary N) is 1. The fraction of sp³-hybridized carbons (Fsp3) is 0. The van der Waals surface area contributed by atoms with Crippen LogP contribution < -0.4 is 4.72 Å². The minimum Gasteiger partial charge on any atom is -0.278 e. The third-order valence-electron chi connectivity index (χ3n) is 1.95. The molecular weight excluding hydrogens is 256 g/mol. The second-order valence-electron chi connectivity index (χ2n) is 3.14. The van der Waals surface area contributed by atoms with Crippen LogP contribution in [0, 0.1) is 17.4 Å². The maximum atomic E-state index is 11.8. The van der Waals surface area contributed by atoms with Crippen molar-refractivity contribution >= 4 is 27.0 Å². The lowest BCUT2D eigenvalue weighted by atomic mass is 10.2. The first kappa shape index (κ1) is 11.6. The van der Waals surface area contributed by atoms with Gasteiger partial charge in [-0.15, -0.1) is 11.3 Å². The van der Waals surface area contributed by atoms with E-state index in [9.17, 15) is 8.42 Å². The predicted octanol–water partition coefficient (Wildman–Crippen LogP) is 2.22. The number of hydrogen-bond acceptors (Lipinski definition) is 4. The molecule has 0 atom stereocenters. The fourth-order valence-corrected chi connectivity index (χ4v) is 3.19. The molecule has 1 aromatic carbocycles. The second kappa shape index (κ2) is 4.57. The Morgan fingerprint density at radius 3 is 2.71 bits per heavy atom. The molecule has 1 heterocycles. The van der Waals surface area contributed by atoms with Crippen molar-refractivity contribution in [2.24, 2.45) is 0 Å². The van der Waals surface area contributed by atoms with Crippen molar-refractivity contribution in [3.05, 3.63) is 47.3 Å². The summed E-state index contributed by atoms with van der Waals surface area (Å²) in [6, 6.07) is 12.3. The lowest BCUT2D eigenvalue weighted by molar-refractivity contribution is 0.603. The minimum absolute atomic E-state index is 0.246. The summed E-state index contributed by atoms with van der Waals surface area (Å²) >= 11 is 1.14. The van der Waals surface area contributed by atoms with Crippen molar-refractivity contribution < 1.29 is 8.42 Å². The Balaban J connectivity index is 2.24. The van der Waals surface area contributed by atoms with Crippen LogP contribution >= 0.6 is 11.3 Å². The molecule has 0 bridgehead atoms. The van der Waals surface area contributed by atoms with E-state index in [0.717, 1.165) is 11.3 Å². The van der Waals surface area contributed by atoms with E-state index in [-0.39, 0.29) is 4.21 Å². The molecule has 0 aliphatic heterocycles. The van der Waals surface area contributed by atoms with Gasteiger partial charge >= 0.3 is 0 Å². The molecule has 2 rings (SSSR count). The zero-order valence-corrected chi connectivity index (χ0v) is 10.2. The Labute approximate surface area is 103 Å². The summed E-state index contributed by atoms with van der Waals surface area (Å²) in [6.07, 6.45) is 0. The van der Waals surface area contributed by atoms with Crippen LogP contribution in [-0.2, 0) is 10.0 Å². The molecule has 1 aromatic heterocycles. The molecule has 4 nitrogen and oxygen atoms in total. The van der Waals surface area contributed by atoms with Crippen molar-refractivity contribution in [3.63, 3.8) is 0 Å². The number of benzene rings is 1. The molecule has 0 saturated heterocycles. The SMILES string of the molecule is N#Cc1c[c]c(NS(=O)(=O)c2cccs2)cc1. The molecule has 0 amide bonds. The summed E-state index contributed by atoms with van der Waals surface area (Å²) in [4.78, 5) is 0. The average molecular weight is 263 g/mol. The van der Waals surface area contributed by atoms with E-state index in [1.165, 1.54) is 24.3 Å². The van der Waals surface area contributed by atoms with Gasteiger partial charge in [-0.25, -0.2) is 8.42 Å². The van der Waals surface area contributed by atoms with E-state index >= 15 is 0 Å². The molecule has 0 spiro atoms. The highest BCUT2D eigenvalue weighted by atomic mass is 32.2. The molecule has 2 aromatic rings. The Morgan fingerprint density at radius 1 is 1.35 bits per heavy atom. The van der Waals surface area contributed by atoms with Crippen LogP contribution in [0.4, 0.5) is 5.69 Å². The normalized spacial score (nSPS) is 10.8. The van der Waals surface area contributed by atoms with Gasteiger partial charge in [0.05, 0.1) is 17.3 Å². The number of anilines is 1. The van der Waals surface area contributed by atoms with E-state index < -0.39 is 10.0 Å². The van der Waals surface area contributed by atoms with Gasteiger partial charge in [0.15, 0.2) is 0 Å². The van der Waals surface area contributed by atoms with Gasteiger partial charge in [0.25, 0.3) is 10.0 Å². The van der Waals surface area contributed by atoms with Gasteiger partial charge in [0.1, 0.15) is 4.21 Å². The summed E-state index contributed by atoms with van der Waals surface area (Å²) in [5, 5.41) is 10.3. The van der Waals surface area contributed by atoms with Crippen LogP contribution in [0.15, 0.2) is 39.9 Å². The van der Waals surface area contributed by atoms with Crippen molar-refractivity contribution in [2.45, 2.75) is 4.21 Å². The van der Waals surface area contributed by atoms with E-state index in [2.05, 4.69) is 10.8 Å². The van der Waals surface area contributed by atoms with Gasteiger partial charge in [-0.3, -0.25) is 4.72 Å². The zero-order chi connectivity index (χ0) is 12.3.